The molecule has 0 saturated carbocycles. The third-order valence-electron chi connectivity index (χ3n) is 2.87. The molecule has 1 amide bonds. The van der Waals surface area contributed by atoms with E-state index in [1.807, 2.05) is 23.1 Å². The van der Waals surface area contributed by atoms with E-state index in [1.54, 1.807) is 19.5 Å². The summed E-state index contributed by atoms with van der Waals surface area (Å²) in [6, 6.07) is 3.80. The molecule has 96 valence electrons. The van der Waals surface area contributed by atoms with Crippen molar-refractivity contribution in [1.82, 2.24) is 15.4 Å². The Bertz CT molecular complexity index is 431. The number of amides is 1. The summed E-state index contributed by atoms with van der Waals surface area (Å²) < 4.78 is 0. The van der Waals surface area contributed by atoms with Crippen LogP contribution in [-0.4, -0.2) is 36.0 Å². The lowest BCUT2D eigenvalue weighted by atomic mass is 10.2. The number of likely N-dealkylation sites (tertiary alicyclic amines) is 1. The molecule has 1 aromatic rings. The van der Waals surface area contributed by atoms with Gasteiger partial charge in [-0.05, 0) is 24.6 Å². The molecular weight excluding hydrogens is 230 g/mol. The Morgan fingerprint density at radius 3 is 3.17 bits per heavy atom. The van der Waals surface area contributed by atoms with Gasteiger partial charge in [0.15, 0.2) is 0 Å². The Hall–Kier alpha value is -1.88. The van der Waals surface area contributed by atoms with Crippen LogP contribution in [0.5, 0.6) is 0 Å². The van der Waals surface area contributed by atoms with E-state index in [9.17, 15) is 4.79 Å². The predicted octanol–water partition coefficient (Wildman–Crippen LogP) is 1.20. The van der Waals surface area contributed by atoms with Crippen molar-refractivity contribution in [3.8, 4) is 0 Å². The molecule has 0 aliphatic carbocycles. The molecule has 0 unspecified atom stereocenters. The molecule has 0 bridgehead atoms. The van der Waals surface area contributed by atoms with Gasteiger partial charge in [-0.3, -0.25) is 20.1 Å². The molecule has 0 atom stereocenters. The fourth-order valence-corrected chi connectivity index (χ4v) is 1.95. The first kappa shape index (κ1) is 12.6. The maximum Gasteiger partial charge on any atom is 0.222 e. The van der Waals surface area contributed by atoms with Crippen LogP contribution in [-0.2, 0) is 9.63 Å². The van der Waals surface area contributed by atoms with Crippen LogP contribution in [0.25, 0.3) is 5.70 Å². The Balaban J connectivity index is 2.07. The smallest absolute Gasteiger partial charge is 0.222 e. The van der Waals surface area contributed by atoms with Gasteiger partial charge in [0, 0.05) is 37.5 Å². The highest BCUT2D eigenvalue weighted by molar-refractivity contribution is 5.78. The van der Waals surface area contributed by atoms with Gasteiger partial charge in [0.05, 0.1) is 12.8 Å². The van der Waals surface area contributed by atoms with Crippen molar-refractivity contribution in [1.29, 1.82) is 0 Å². The molecule has 1 fully saturated rings. The van der Waals surface area contributed by atoms with Gasteiger partial charge < -0.3 is 4.90 Å². The normalized spacial score (nSPS) is 16.2. The largest absolute Gasteiger partial charge is 0.339 e. The van der Waals surface area contributed by atoms with Crippen molar-refractivity contribution < 1.29 is 9.63 Å². The molecule has 2 heterocycles. The van der Waals surface area contributed by atoms with Gasteiger partial charge in [-0.15, -0.1) is 0 Å². The second-order valence-corrected chi connectivity index (χ2v) is 4.11. The molecule has 2 rings (SSSR count). The molecule has 1 aliphatic heterocycles. The number of carbonyl (C=O) groups excluding carboxylic acids is 1. The number of hydrogen-bond acceptors (Lipinski definition) is 4. The first-order valence-electron chi connectivity index (χ1n) is 5.98. The van der Waals surface area contributed by atoms with Gasteiger partial charge in [-0.25, -0.2) is 0 Å². The highest BCUT2D eigenvalue weighted by Crippen LogP contribution is 2.13. The van der Waals surface area contributed by atoms with Crippen LogP contribution >= 0.6 is 0 Å². The first-order chi connectivity index (χ1) is 8.81. The minimum atomic E-state index is 0.217. The number of hydrogen-bond donors (Lipinski definition) is 1. The Morgan fingerprint density at radius 1 is 1.67 bits per heavy atom. The number of pyridine rings is 1. The standard InChI is InChI=1S/C13H17N3O2/c1-18-15-12(11-4-2-7-14-10-11)6-9-16-8-3-5-13(16)17/h2,4,6-7,10,15H,3,5,8-9H2,1H3. The zero-order valence-electron chi connectivity index (χ0n) is 10.4. The van der Waals surface area contributed by atoms with E-state index in [4.69, 9.17) is 4.84 Å². The van der Waals surface area contributed by atoms with Crippen molar-refractivity contribution in [3.05, 3.63) is 36.2 Å². The van der Waals surface area contributed by atoms with Crippen LogP contribution in [0.4, 0.5) is 0 Å². The summed E-state index contributed by atoms with van der Waals surface area (Å²) in [5.41, 5.74) is 4.58. The molecule has 1 aliphatic rings. The second-order valence-electron chi connectivity index (χ2n) is 4.11. The fraction of sp³-hybridized carbons (Fsp3) is 0.385. The average molecular weight is 247 g/mol. The quantitative estimate of drug-likeness (QED) is 0.794. The van der Waals surface area contributed by atoms with E-state index in [2.05, 4.69) is 10.5 Å². The number of rotatable bonds is 5. The SMILES string of the molecule is CONC(=CCN1CCCC1=O)c1cccnc1. The number of nitrogens with one attached hydrogen (secondary N) is 1. The summed E-state index contributed by atoms with van der Waals surface area (Å²) in [4.78, 5) is 22.4. The Kier molecular flexibility index (Phi) is 4.30. The number of carbonyl (C=O) groups is 1. The van der Waals surface area contributed by atoms with E-state index in [1.165, 1.54) is 0 Å². The van der Waals surface area contributed by atoms with Crippen LogP contribution in [0.15, 0.2) is 30.6 Å². The van der Waals surface area contributed by atoms with E-state index in [0.29, 0.717) is 13.0 Å². The van der Waals surface area contributed by atoms with Crippen molar-refractivity contribution in [2.45, 2.75) is 12.8 Å². The summed E-state index contributed by atoms with van der Waals surface area (Å²) in [5, 5.41) is 0. The summed E-state index contributed by atoms with van der Waals surface area (Å²) >= 11 is 0. The molecule has 1 aromatic heterocycles. The molecule has 1 N–H and O–H groups in total. The van der Waals surface area contributed by atoms with Gasteiger partial charge in [-0.1, -0.05) is 0 Å². The zero-order chi connectivity index (χ0) is 12.8. The van der Waals surface area contributed by atoms with Crippen molar-refractivity contribution in [2.24, 2.45) is 0 Å². The maximum absolute atomic E-state index is 11.5. The van der Waals surface area contributed by atoms with Crippen LogP contribution in [0.2, 0.25) is 0 Å². The molecule has 0 radical (unpaired) electrons. The third kappa shape index (κ3) is 3.07. The summed E-state index contributed by atoms with van der Waals surface area (Å²) in [7, 11) is 1.56. The summed E-state index contributed by atoms with van der Waals surface area (Å²) in [6.07, 6.45) is 7.03. The fourth-order valence-electron chi connectivity index (χ4n) is 1.95. The van der Waals surface area contributed by atoms with E-state index >= 15 is 0 Å². The number of hydroxylamine groups is 1. The highest BCUT2D eigenvalue weighted by Gasteiger charge is 2.18. The molecular formula is C13H17N3O2. The minimum absolute atomic E-state index is 0.217. The maximum atomic E-state index is 11.5. The highest BCUT2D eigenvalue weighted by atomic mass is 16.6. The van der Waals surface area contributed by atoms with Crippen molar-refractivity contribution in [3.63, 3.8) is 0 Å². The van der Waals surface area contributed by atoms with Crippen LogP contribution in [0.3, 0.4) is 0 Å². The monoisotopic (exact) mass is 247 g/mol. The van der Waals surface area contributed by atoms with Crippen molar-refractivity contribution in [2.75, 3.05) is 20.2 Å². The average Bonchev–Trinajstić information content (AvgIpc) is 2.81. The topological polar surface area (TPSA) is 54.5 Å². The van der Waals surface area contributed by atoms with Crippen LogP contribution in [0, 0.1) is 0 Å². The zero-order valence-corrected chi connectivity index (χ0v) is 10.4. The van der Waals surface area contributed by atoms with Gasteiger partial charge in [0.2, 0.25) is 5.91 Å². The Morgan fingerprint density at radius 2 is 2.56 bits per heavy atom. The van der Waals surface area contributed by atoms with Crippen molar-refractivity contribution >= 4 is 11.6 Å². The van der Waals surface area contributed by atoms with E-state index in [0.717, 1.165) is 24.2 Å². The minimum Gasteiger partial charge on any atom is -0.339 e. The molecule has 0 spiro atoms. The van der Waals surface area contributed by atoms with E-state index in [-0.39, 0.29) is 5.91 Å². The molecule has 1 saturated heterocycles. The van der Waals surface area contributed by atoms with Crippen LogP contribution < -0.4 is 5.48 Å². The van der Waals surface area contributed by atoms with E-state index < -0.39 is 0 Å². The van der Waals surface area contributed by atoms with Crippen LogP contribution in [0.1, 0.15) is 18.4 Å². The van der Waals surface area contributed by atoms with Gasteiger partial charge in [0.1, 0.15) is 0 Å². The lowest BCUT2D eigenvalue weighted by Gasteiger charge is -2.14. The predicted molar refractivity (Wildman–Crippen MR) is 68.2 cm³/mol. The summed E-state index contributed by atoms with van der Waals surface area (Å²) in [6.45, 7) is 1.43. The molecule has 5 nitrogen and oxygen atoms in total. The van der Waals surface area contributed by atoms with Gasteiger partial charge >= 0.3 is 0 Å². The molecule has 5 heteroatoms. The lowest BCUT2D eigenvalue weighted by molar-refractivity contribution is -0.127. The number of aromatic nitrogens is 1. The Labute approximate surface area is 106 Å². The van der Waals surface area contributed by atoms with Gasteiger partial charge in [0.25, 0.3) is 0 Å². The number of nitrogens with zero attached hydrogens (tertiary/aromatic N) is 2. The lowest BCUT2D eigenvalue weighted by Crippen LogP contribution is -2.25. The second kappa shape index (κ2) is 6.16. The van der Waals surface area contributed by atoms with Gasteiger partial charge in [-0.2, -0.15) is 0 Å². The third-order valence-corrected chi connectivity index (χ3v) is 2.87. The summed E-state index contributed by atoms with van der Waals surface area (Å²) in [5.74, 6) is 0.217. The molecule has 18 heavy (non-hydrogen) atoms. The molecule has 0 aromatic carbocycles. The first-order valence-corrected chi connectivity index (χ1v) is 5.98.